The van der Waals surface area contributed by atoms with Gasteiger partial charge >= 0.3 is 0 Å². The molecule has 0 radical (unpaired) electrons. The summed E-state index contributed by atoms with van der Waals surface area (Å²) in [7, 11) is 0. The van der Waals surface area contributed by atoms with E-state index in [9.17, 15) is 0 Å². The molecule has 0 amide bonds. The Labute approximate surface area is 77.4 Å². The van der Waals surface area contributed by atoms with Gasteiger partial charge in [-0.15, -0.1) is 0 Å². The SMILES string of the molecule is CC(C)=CCC/C=C/CC(C)C. The first-order valence-electron chi connectivity index (χ1n) is 4.91. The monoisotopic (exact) mass is 166 g/mol. The summed E-state index contributed by atoms with van der Waals surface area (Å²) in [6.07, 6.45) is 10.5. The van der Waals surface area contributed by atoms with Gasteiger partial charge in [0.1, 0.15) is 0 Å². The quantitative estimate of drug-likeness (QED) is 0.421. The number of allylic oxidation sites excluding steroid dienone is 4. The third-order valence-corrected chi connectivity index (χ3v) is 1.66. The average molecular weight is 166 g/mol. The molecule has 0 bridgehead atoms. The third-order valence-electron chi connectivity index (χ3n) is 1.66. The Morgan fingerprint density at radius 2 is 1.75 bits per heavy atom. The fraction of sp³-hybridized carbons (Fsp3) is 0.667. The zero-order chi connectivity index (χ0) is 9.40. The topological polar surface area (TPSA) is 0 Å². The Morgan fingerprint density at radius 1 is 1.08 bits per heavy atom. The van der Waals surface area contributed by atoms with E-state index in [2.05, 4.69) is 45.9 Å². The van der Waals surface area contributed by atoms with Crippen molar-refractivity contribution in [1.82, 2.24) is 0 Å². The molecule has 0 unspecified atom stereocenters. The first-order chi connectivity index (χ1) is 5.63. The van der Waals surface area contributed by atoms with Crippen molar-refractivity contribution in [2.45, 2.75) is 47.0 Å². The molecule has 0 fully saturated rings. The summed E-state index contributed by atoms with van der Waals surface area (Å²) < 4.78 is 0. The maximum Gasteiger partial charge on any atom is -0.0314 e. The summed E-state index contributed by atoms with van der Waals surface area (Å²) in [5, 5.41) is 0. The van der Waals surface area contributed by atoms with E-state index >= 15 is 0 Å². The van der Waals surface area contributed by atoms with E-state index in [1.807, 2.05) is 0 Å². The van der Waals surface area contributed by atoms with Gasteiger partial charge in [0.2, 0.25) is 0 Å². The summed E-state index contributed by atoms with van der Waals surface area (Å²) in [5.41, 5.74) is 1.42. The second-order valence-electron chi connectivity index (χ2n) is 3.96. The van der Waals surface area contributed by atoms with Gasteiger partial charge in [0, 0.05) is 0 Å². The van der Waals surface area contributed by atoms with Gasteiger partial charge in [0.25, 0.3) is 0 Å². The first-order valence-corrected chi connectivity index (χ1v) is 4.91. The Kier molecular flexibility index (Phi) is 6.84. The van der Waals surface area contributed by atoms with Gasteiger partial charge < -0.3 is 0 Å². The fourth-order valence-corrected chi connectivity index (χ4v) is 0.954. The second-order valence-corrected chi connectivity index (χ2v) is 3.96. The Balaban J connectivity index is 3.31. The lowest BCUT2D eigenvalue weighted by Crippen LogP contribution is -1.80. The van der Waals surface area contributed by atoms with Gasteiger partial charge in [-0.05, 0) is 39.0 Å². The van der Waals surface area contributed by atoms with E-state index < -0.39 is 0 Å². The molecule has 0 aromatic carbocycles. The van der Waals surface area contributed by atoms with Gasteiger partial charge in [0.05, 0.1) is 0 Å². The highest BCUT2D eigenvalue weighted by Crippen LogP contribution is 2.02. The van der Waals surface area contributed by atoms with Crippen LogP contribution < -0.4 is 0 Å². The lowest BCUT2D eigenvalue weighted by molar-refractivity contribution is 0.662. The molecule has 12 heavy (non-hydrogen) atoms. The van der Waals surface area contributed by atoms with Crippen LogP contribution in [0.1, 0.15) is 47.0 Å². The summed E-state index contributed by atoms with van der Waals surface area (Å²) in [6.45, 7) is 8.80. The van der Waals surface area contributed by atoms with Crippen molar-refractivity contribution >= 4 is 0 Å². The van der Waals surface area contributed by atoms with Gasteiger partial charge in [-0.1, -0.05) is 37.6 Å². The second kappa shape index (κ2) is 7.15. The van der Waals surface area contributed by atoms with E-state index in [0.29, 0.717) is 0 Å². The van der Waals surface area contributed by atoms with Crippen LogP contribution >= 0.6 is 0 Å². The van der Waals surface area contributed by atoms with Gasteiger partial charge in [-0.2, -0.15) is 0 Å². The van der Waals surface area contributed by atoms with Crippen molar-refractivity contribution < 1.29 is 0 Å². The summed E-state index contributed by atoms with van der Waals surface area (Å²) in [6, 6.07) is 0. The fourth-order valence-electron chi connectivity index (χ4n) is 0.954. The molecule has 0 aliphatic carbocycles. The van der Waals surface area contributed by atoms with Crippen LogP contribution in [0.3, 0.4) is 0 Å². The molecule has 0 atom stereocenters. The van der Waals surface area contributed by atoms with Crippen LogP contribution in [0, 0.1) is 5.92 Å². The lowest BCUT2D eigenvalue weighted by Gasteiger charge is -1.96. The largest absolute Gasteiger partial charge is 0.0883 e. The highest BCUT2D eigenvalue weighted by Gasteiger charge is 1.86. The van der Waals surface area contributed by atoms with Gasteiger partial charge in [-0.3, -0.25) is 0 Å². The van der Waals surface area contributed by atoms with Crippen molar-refractivity contribution in [1.29, 1.82) is 0 Å². The smallest absolute Gasteiger partial charge is 0.0314 e. The summed E-state index contributed by atoms with van der Waals surface area (Å²) in [4.78, 5) is 0. The van der Waals surface area contributed by atoms with Gasteiger partial charge in [-0.25, -0.2) is 0 Å². The normalized spacial score (nSPS) is 11.1. The molecule has 0 aliphatic rings. The highest BCUT2D eigenvalue weighted by atomic mass is 13.9. The molecular weight excluding hydrogens is 144 g/mol. The summed E-state index contributed by atoms with van der Waals surface area (Å²) >= 11 is 0. The Morgan fingerprint density at radius 3 is 2.25 bits per heavy atom. The molecule has 0 saturated heterocycles. The van der Waals surface area contributed by atoms with E-state index in [1.54, 1.807) is 0 Å². The maximum atomic E-state index is 2.30. The molecule has 0 spiro atoms. The van der Waals surface area contributed by atoms with Crippen LogP contribution in [0.25, 0.3) is 0 Å². The molecule has 0 aromatic heterocycles. The van der Waals surface area contributed by atoms with E-state index in [4.69, 9.17) is 0 Å². The minimum atomic E-state index is 0.796. The van der Waals surface area contributed by atoms with Crippen LogP contribution in [-0.4, -0.2) is 0 Å². The summed E-state index contributed by atoms with van der Waals surface area (Å²) in [5.74, 6) is 0.796. The highest BCUT2D eigenvalue weighted by molar-refractivity contribution is 4.95. The van der Waals surface area contributed by atoms with Crippen molar-refractivity contribution in [2.75, 3.05) is 0 Å². The average Bonchev–Trinajstić information content (AvgIpc) is 1.95. The van der Waals surface area contributed by atoms with Gasteiger partial charge in [0.15, 0.2) is 0 Å². The van der Waals surface area contributed by atoms with Crippen LogP contribution in [0.2, 0.25) is 0 Å². The van der Waals surface area contributed by atoms with Crippen molar-refractivity contribution in [2.24, 2.45) is 5.92 Å². The zero-order valence-electron chi connectivity index (χ0n) is 8.93. The molecule has 0 heterocycles. The Bertz CT molecular complexity index is 145. The number of hydrogen-bond acceptors (Lipinski definition) is 0. The van der Waals surface area contributed by atoms with Crippen molar-refractivity contribution in [3.63, 3.8) is 0 Å². The van der Waals surface area contributed by atoms with Crippen molar-refractivity contribution in [3.8, 4) is 0 Å². The van der Waals surface area contributed by atoms with Crippen LogP contribution in [0.5, 0.6) is 0 Å². The molecule has 70 valence electrons. The first kappa shape index (κ1) is 11.5. The Hall–Kier alpha value is -0.520. The predicted molar refractivity (Wildman–Crippen MR) is 57.3 cm³/mol. The van der Waals surface area contributed by atoms with E-state index in [0.717, 1.165) is 5.92 Å². The third kappa shape index (κ3) is 9.48. The molecular formula is C12H22. The van der Waals surface area contributed by atoms with Crippen LogP contribution in [0.15, 0.2) is 23.8 Å². The number of unbranched alkanes of at least 4 members (excludes halogenated alkanes) is 1. The molecule has 0 nitrogen and oxygen atoms in total. The predicted octanol–water partition coefficient (Wildman–Crippen LogP) is 4.34. The zero-order valence-corrected chi connectivity index (χ0v) is 8.93. The van der Waals surface area contributed by atoms with E-state index in [1.165, 1.54) is 24.8 Å². The minimum Gasteiger partial charge on any atom is -0.0883 e. The maximum absolute atomic E-state index is 2.30. The molecule has 0 saturated carbocycles. The molecule has 0 rings (SSSR count). The van der Waals surface area contributed by atoms with Crippen LogP contribution in [0.4, 0.5) is 0 Å². The minimum absolute atomic E-state index is 0.796. The van der Waals surface area contributed by atoms with Crippen molar-refractivity contribution in [3.05, 3.63) is 23.8 Å². The molecule has 0 aliphatic heterocycles. The standard InChI is InChI=1S/C12H22/c1-11(2)9-7-5-6-8-10-12(3)4/h5,7,10-11H,6,8-9H2,1-4H3/b7-5+. The molecule has 0 aromatic rings. The van der Waals surface area contributed by atoms with E-state index in [-0.39, 0.29) is 0 Å². The van der Waals surface area contributed by atoms with Crippen LogP contribution in [-0.2, 0) is 0 Å². The number of rotatable bonds is 5. The lowest BCUT2D eigenvalue weighted by atomic mass is 10.1. The molecule has 0 N–H and O–H groups in total. The molecule has 0 heteroatoms. The number of hydrogen-bond donors (Lipinski definition) is 0.